The first-order valence-corrected chi connectivity index (χ1v) is 7.25. The van der Waals surface area contributed by atoms with Crippen LogP contribution in [0.1, 0.15) is 12.2 Å². The zero-order valence-corrected chi connectivity index (χ0v) is 12.3. The highest BCUT2D eigenvalue weighted by atomic mass is 35.5. The van der Waals surface area contributed by atoms with Gasteiger partial charge in [0.25, 0.3) is 11.3 Å². The van der Waals surface area contributed by atoms with E-state index in [0.717, 1.165) is 18.7 Å². The summed E-state index contributed by atoms with van der Waals surface area (Å²) in [4.78, 5) is 21.0. The van der Waals surface area contributed by atoms with Crippen molar-refractivity contribution in [2.75, 3.05) is 0 Å². The van der Waals surface area contributed by atoms with Gasteiger partial charge in [-0.05, 0) is 18.6 Å². The van der Waals surface area contributed by atoms with Crippen molar-refractivity contribution in [2.24, 2.45) is 0 Å². The third-order valence-corrected chi connectivity index (χ3v) is 4.19. The maximum Gasteiger partial charge on any atom is 0.283 e. The fourth-order valence-electron chi connectivity index (χ4n) is 2.58. The van der Waals surface area contributed by atoms with E-state index in [1.807, 2.05) is 0 Å². The summed E-state index contributed by atoms with van der Waals surface area (Å²) in [5.74, 6) is 0.954. The van der Waals surface area contributed by atoms with Crippen molar-refractivity contribution in [1.82, 2.24) is 14.5 Å². The summed E-state index contributed by atoms with van der Waals surface area (Å²) in [6.07, 6.45) is 1.69. The lowest BCUT2D eigenvalue weighted by molar-refractivity contribution is 0.602. The molecule has 0 atom stereocenters. The Kier molecular flexibility index (Phi) is 2.80. The molecule has 1 aliphatic rings. The Labute approximate surface area is 129 Å². The summed E-state index contributed by atoms with van der Waals surface area (Å²) < 4.78 is 7.26. The lowest BCUT2D eigenvalue weighted by atomic mass is 10.2. The van der Waals surface area contributed by atoms with Crippen molar-refractivity contribution in [1.29, 1.82) is 0 Å². The number of oxazole rings is 1. The Morgan fingerprint density at radius 3 is 2.71 bits per heavy atom. The van der Waals surface area contributed by atoms with E-state index in [1.165, 1.54) is 0 Å². The van der Waals surface area contributed by atoms with Crippen LogP contribution in [-0.4, -0.2) is 14.5 Å². The summed E-state index contributed by atoms with van der Waals surface area (Å²) in [5.41, 5.74) is 0.750. The molecule has 3 aromatic rings. The number of benzene rings is 1. The Hall–Kier alpha value is -1.85. The largest absolute Gasteiger partial charge is 0.417 e. The fourth-order valence-corrected chi connectivity index (χ4v) is 3.13. The van der Waals surface area contributed by atoms with E-state index in [0.29, 0.717) is 22.2 Å². The minimum absolute atomic E-state index is 0.175. The molecule has 1 aromatic carbocycles. The average molecular weight is 322 g/mol. The van der Waals surface area contributed by atoms with E-state index in [1.54, 1.807) is 22.8 Å². The molecule has 0 saturated heterocycles. The third-order valence-electron chi connectivity index (χ3n) is 3.56. The predicted molar refractivity (Wildman–Crippen MR) is 79.8 cm³/mol. The van der Waals surface area contributed by atoms with Crippen LogP contribution in [0.15, 0.2) is 27.4 Å². The lowest BCUT2D eigenvalue weighted by Gasteiger charge is -2.00. The van der Waals surface area contributed by atoms with Crippen LogP contribution in [0.3, 0.4) is 0 Å². The van der Waals surface area contributed by atoms with Crippen molar-refractivity contribution in [3.8, 4) is 11.5 Å². The van der Waals surface area contributed by atoms with Crippen molar-refractivity contribution >= 4 is 34.4 Å². The summed E-state index contributed by atoms with van der Waals surface area (Å²) in [6.45, 7) is 0.673. The van der Waals surface area contributed by atoms with Crippen LogP contribution in [0.25, 0.3) is 22.7 Å². The lowest BCUT2D eigenvalue weighted by Crippen LogP contribution is -2.20. The van der Waals surface area contributed by atoms with Gasteiger partial charge in [0, 0.05) is 13.0 Å². The van der Waals surface area contributed by atoms with Gasteiger partial charge in [-0.15, -0.1) is 0 Å². The maximum atomic E-state index is 12.4. The second-order valence-corrected chi connectivity index (χ2v) is 5.67. The van der Waals surface area contributed by atoms with Crippen LogP contribution in [0.5, 0.6) is 0 Å². The molecule has 0 fully saturated rings. The molecule has 0 amide bonds. The number of fused-ring (bicyclic) bond motifs is 2. The second-order valence-electron chi connectivity index (χ2n) is 4.86. The molecule has 5 nitrogen and oxygen atoms in total. The first-order chi connectivity index (χ1) is 10.1. The van der Waals surface area contributed by atoms with Gasteiger partial charge in [-0.25, -0.2) is 4.98 Å². The molecular formula is C14H9Cl2N3O2. The maximum absolute atomic E-state index is 12.4. The minimum atomic E-state index is -0.175. The number of halogens is 2. The average Bonchev–Trinajstić information content (AvgIpc) is 3.05. The molecular weight excluding hydrogens is 313 g/mol. The number of rotatable bonds is 1. The molecule has 3 heterocycles. The topological polar surface area (TPSA) is 60.9 Å². The summed E-state index contributed by atoms with van der Waals surface area (Å²) in [5, 5.41) is 0.836. The Morgan fingerprint density at radius 2 is 1.95 bits per heavy atom. The van der Waals surface area contributed by atoms with Gasteiger partial charge in [0.15, 0.2) is 5.52 Å². The van der Waals surface area contributed by atoms with Crippen LogP contribution in [-0.2, 0) is 13.0 Å². The highest BCUT2D eigenvalue weighted by molar-refractivity contribution is 6.38. The first-order valence-electron chi connectivity index (χ1n) is 6.50. The molecule has 106 valence electrons. The van der Waals surface area contributed by atoms with Crippen LogP contribution >= 0.6 is 23.2 Å². The molecule has 1 aliphatic heterocycles. The summed E-state index contributed by atoms with van der Waals surface area (Å²) in [7, 11) is 0. The Bertz CT molecular complexity index is 910. The SMILES string of the molecule is O=c1c2nc(-c3c(Cl)cccc3Cl)oc2nc2n1CCC2. The monoisotopic (exact) mass is 321 g/mol. The van der Waals surface area contributed by atoms with Gasteiger partial charge < -0.3 is 4.42 Å². The van der Waals surface area contributed by atoms with Gasteiger partial charge in [-0.3, -0.25) is 9.36 Å². The van der Waals surface area contributed by atoms with Gasteiger partial charge in [0.1, 0.15) is 5.82 Å². The molecule has 21 heavy (non-hydrogen) atoms. The number of hydrogen-bond donors (Lipinski definition) is 0. The van der Waals surface area contributed by atoms with Gasteiger partial charge in [0.05, 0.1) is 15.6 Å². The van der Waals surface area contributed by atoms with Crippen molar-refractivity contribution in [2.45, 2.75) is 19.4 Å². The van der Waals surface area contributed by atoms with Crippen molar-refractivity contribution in [3.63, 3.8) is 0 Å². The first kappa shape index (κ1) is 12.9. The number of aromatic nitrogens is 3. The number of hydrogen-bond acceptors (Lipinski definition) is 4. The van der Waals surface area contributed by atoms with Gasteiger partial charge in [-0.1, -0.05) is 29.3 Å². The molecule has 0 radical (unpaired) electrons. The van der Waals surface area contributed by atoms with E-state index in [-0.39, 0.29) is 22.7 Å². The number of nitrogens with zero attached hydrogens (tertiary/aromatic N) is 3. The molecule has 0 spiro atoms. The second kappa shape index (κ2) is 4.58. The number of aryl methyl sites for hydroxylation is 1. The normalized spacial score (nSPS) is 13.8. The highest BCUT2D eigenvalue weighted by Gasteiger charge is 2.22. The van der Waals surface area contributed by atoms with Crippen LogP contribution in [0, 0.1) is 0 Å². The van der Waals surface area contributed by atoms with Crippen molar-refractivity contribution in [3.05, 3.63) is 44.4 Å². The predicted octanol–water partition coefficient (Wildman–Crippen LogP) is 3.30. The van der Waals surface area contributed by atoms with E-state index in [2.05, 4.69) is 9.97 Å². The highest BCUT2D eigenvalue weighted by Crippen LogP contribution is 2.34. The fraction of sp³-hybridized carbons (Fsp3) is 0.214. The zero-order chi connectivity index (χ0) is 14.6. The molecule has 7 heteroatoms. The smallest absolute Gasteiger partial charge is 0.283 e. The molecule has 0 N–H and O–H groups in total. The van der Waals surface area contributed by atoms with Gasteiger partial charge >= 0.3 is 0 Å². The molecule has 0 aliphatic carbocycles. The van der Waals surface area contributed by atoms with Crippen LogP contribution in [0.4, 0.5) is 0 Å². The summed E-state index contributed by atoms with van der Waals surface area (Å²) in [6, 6.07) is 5.12. The van der Waals surface area contributed by atoms with Gasteiger partial charge in [0.2, 0.25) is 5.89 Å². The standard InChI is InChI=1S/C14H9Cl2N3O2/c15-7-3-1-4-8(16)10(7)12-18-11-13(21-12)17-9-5-2-6-19(9)14(11)20/h1,3-4H,2,5-6H2. The van der Waals surface area contributed by atoms with E-state index < -0.39 is 0 Å². The van der Waals surface area contributed by atoms with Gasteiger partial charge in [-0.2, -0.15) is 4.98 Å². The Morgan fingerprint density at radius 1 is 1.19 bits per heavy atom. The third kappa shape index (κ3) is 1.88. The molecule has 0 saturated carbocycles. The van der Waals surface area contributed by atoms with Crippen molar-refractivity contribution < 1.29 is 4.42 Å². The quantitative estimate of drug-likeness (QED) is 0.690. The molecule has 2 aromatic heterocycles. The molecule has 0 unspecified atom stereocenters. The van der Waals surface area contributed by atoms with Crippen LogP contribution in [0.2, 0.25) is 10.0 Å². The summed E-state index contributed by atoms with van der Waals surface area (Å²) >= 11 is 12.3. The van der Waals surface area contributed by atoms with E-state index >= 15 is 0 Å². The van der Waals surface area contributed by atoms with E-state index in [4.69, 9.17) is 27.6 Å². The zero-order valence-electron chi connectivity index (χ0n) is 10.8. The molecule has 0 bridgehead atoms. The Balaban J connectivity index is 2.01. The minimum Gasteiger partial charge on any atom is -0.417 e. The van der Waals surface area contributed by atoms with Crippen LogP contribution < -0.4 is 5.56 Å². The molecule has 4 rings (SSSR count). The van der Waals surface area contributed by atoms with E-state index in [9.17, 15) is 4.79 Å².